The summed E-state index contributed by atoms with van der Waals surface area (Å²) in [4.78, 5) is 19.3. The zero-order valence-corrected chi connectivity index (χ0v) is 13.3. The summed E-state index contributed by atoms with van der Waals surface area (Å²) in [5.41, 5.74) is 6.93. The third-order valence-corrected chi connectivity index (χ3v) is 3.55. The van der Waals surface area contributed by atoms with Gasteiger partial charge in [-0.1, -0.05) is 0 Å². The lowest BCUT2D eigenvalue weighted by atomic mass is 10.2. The van der Waals surface area contributed by atoms with Gasteiger partial charge in [0, 0.05) is 49.4 Å². The average molecular weight is 326 g/mol. The largest absolute Gasteiger partial charge is 0.481 e. The van der Waals surface area contributed by atoms with Crippen LogP contribution in [0.4, 0.5) is 0 Å². The summed E-state index contributed by atoms with van der Waals surface area (Å²) in [5, 5.41) is 4.32. The van der Waals surface area contributed by atoms with E-state index in [-0.39, 0.29) is 5.91 Å². The molecule has 3 heterocycles. The maximum absolute atomic E-state index is 10.8. The number of nitrogens with zero attached hydrogens (tertiary/aromatic N) is 5. The fourth-order valence-corrected chi connectivity index (χ4v) is 2.40. The minimum atomic E-state index is -0.300. The number of hydrogen-bond acceptors (Lipinski definition) is 5. The topological polar surface area (TPSA) is 101 Å². The number of pyridine rings is 1. The molecule has 8 nitrogen and oxygen atoms in total. The van der Waals surface area contributed by atoms with Crippen molar-refractivity contribution in [3.63, 3.8) is 0 Å². The maximum atomic E-state index is 10.8. The number of hydrogen-bond donors (Lipinski definition) is 1. The fraction of sp³-hybridized carbons (Fsp3) is 0.250. The van der Waals surface area contributed by atoms with Crippen LogP contribution in [0.15, 0.2) is 43.1 Å². The van der Waals surface area contributed by atoms with Crippen LogP contribution in [-0.4, -0.2) is 37.3 Å². The highest BCUT2D eigenvalue weighted by Gasteiger charge is 2.11. The Bertz CT molecular complexity index is 838. The monoisotopic (exact) mass is 326 g/mol. The van der Waals surface area contributed by atoms with E-state index in [4.69, 9.17) is 10.5 Å². The SMILES string of the molecule is COc1cc(-c2nccn2-c2cnn(CCCC(N)=O)c2)ccn1. The van der Waals surface area contributed by atoms with Crippen LogP contribution in [0.1, 0.15) is 12.8 Å². The Morgan fingerprint density at radius 1 is 1.33 bits per heavy atom. The van der Waals surface area contributed by atoms with Gasteiger partial charge >= 0.3 is 0 Å². The van der Waals surface area contributed by atoms with Crippen molar-refractivity contribution in [3.05, 3.63) is 43.1 Å². The van der Waals surface area contributed by atoms with Gasteiger partial charge in [0.25, 0.3) is 0 Å². The van der Waals surface area contributed by atoms with Gasteiger partial charge in [-0.25, -0.2) is 9.97 Å². The van der Waals surface area contributed by atoms with Gasteiger partial charge < -0.3 is 10.5 Å². The summed E-state index contributed by atoms with van der Waals surface area (Å²) in [6.45, 7) is 0.635. The van der Waals surface area contributed by atoms with Crippen LogP contribution in [0, 0.1) is 0 Å². The quantitative estimate of drug-likeness (QED) is 0.707. The first-order chi connectivity index (χ1) is 11.7. The number of primary amides is 1. The molecule has 0 radical (unpaired) electrons. The Hall–Kier alpha value is -3.16. The Morgan fingerprint density at radius 3 is 3.00 bits per heavy atom. The van der Waals surface area contributed by atoms with Crippen molar-refractivity contribution >= 4 is 5.91 Å². The normalized spacial score (nSPS) is 10.7. The zero-order valence-electron chi connectivity index (χ0n) is 13.3. The molecule has 1 amide bonds. The highest BCUT2D eigenvalue weighted by Crippen LogP contribution is 2.23. The summed E-state index contributed by atoms with van der Waals surface area (Å²) in [7, 11) is 1.58. The molecule has 0 unspecified atom stereocenters. The predicted octanol–water partition coefficient (Wildman–Crippen LogP) is 1.40. The van der Waals surface area contributed by atoms with Crippen molar-refractivity contribution in [1.82, 2.24) is 24.3 Å². The fourth-order valence-electron chi connectivity index (χ4n) is 2.40. The minimum absolute atomic E-state index is 0.300. The first-order valence-corrected chi connectivity index (χ1v) is 7.52. The van der Waals surface area contributed by atoms with Gasteiger partial charge in [0.15, 0.2) is 0 Å². The van der Waals surface area contributed by atoms with E-state index >= 15 is 0 Å². The lowest BCUT2D eigenvalue weighted by Crippen LogP contribution is -2.11. The van der Waals surface area contributed by atoms with Gasteiger partial charge in [0.2, 0.25) is 11.8 Å². The van der Waals surface area contributed by atoms with E-state index in [9.17, 15) is 4.79 Å². The summed E-state index contributed by atoms with van der Waals surface area (Å²) in [6.07, 6.45) is 9.95. The van der Waals surface area contributed by atoms with Crippen molar-refractivity contribution in [2.45, 2.75) is 19.4 Å². The van der Waals surface area contributed by atoms with Crippen LogP contribution in [0.3, 0.4) is 0 Å². The van der Waals surface area contributed by atoms with Crippen molar-refractivity contribution in [2.75, 3.05) is 7.11 Å². The second-order valence-corrected chi connectivity index (χ2v) is 5.24. The van der Waals surface area contributed by atoms with Crippen LogP contribution in [-0.2, 0) is 11.3 Å². The number of nitrogens with two attached hydrogens (primary N) is 1. The molecule has 124 valence electrons. The molecule has 3 rings (SSSR count). The number of amides is 1. The third-order valence-electron chi connectivity index (χ3n) is 3.55. The van der Waals surface area contributed by atoms with E-state index in [1.165, 1.54) is 0 Å². The number of aryl methyl sites for hydroxylation is 1. The van der Waals surface area contributed by atoms with Gasteiger partial charge in [0.05, 0.1) is 19.0 Å². The third kappa shape index (κ3) is 3.43. The van der Waals surface area contributed by atoms with Gasteiger partial charge in [-0.2, -0.15) is 5.10 Å². The first kappa shape index (κ1) is 15.7. The highest BCUT2D eigenvalue weighted by atomic mass is 16.5. The standard InChI is InChI=1S/C16H18N6O2/c1-24-15-9-12(4-5-18-15)16-19-6-8-22(16)13-10-20-21(11-13)7-2-3-14(17)23/h4-6,8-11H,2-3,7H2,1H3,(H2,17,23). The minimum Gasteiger partial charge on any atom is -0.481 e. The molecular weight excluding hydrogens is 308 g/mol. The number of rotatable bonds is 7. The lowest BCUT2D eigenvalue weighted by molar-refractivity contribution is -0.118. The van der Waals surface area contributed by atoms with E-state index in [0.29, 0.717) is 25.3 Å². The second-order valence-electron chi connectivity index (χ2n) is 5.24. The Kier molecular flexibility index (Phi) is 4.55. The van der Waals surface area contributed by atoms with Crippen LogP contribution in [0.5, 0.6) is 5.88 Å². The van der Waals surface area contributed by atoms with E-state index in [1.807, 2.05) is 29.1 Å². The highest BCUT2D eigenvalue weighted by molar-refractivity contribution is 5.73. The van der Waals surface area contributed by atoms with Crippen molar-refractivity contribution in [1.29, 1.82) is 0 Å². The van der Waals surface area contributed by atoms with E-state index in [0.717, 1.165) is 17.1 Å². The van der Waals surface area contributed by atoms with Crippen molar-refractivity contribution in [3.8, 4) is 23.0 Å². The molecule has 2 N–H and O–H groups in total. The number of carbonyl (C=O) groups is 1. The zero-order chi connectivity index (χ0) is 16.9. The molecule has 0 bridgehead atoms. The van der Waals surface area contributed by atoms with Gasteiger partial charge in [-0.3, -0.25) is 14.0 Å². The molecule has 0 fully saturated rings. The molecule has 3 aromatic rings. The molecule has 3 aromatic heterocycles. The molecule has 0 saturated carbocycles. The maximum Gasteiger partial charge on any atom is 0.217 e. The molecule has 0 atom stereocenters. The molecule has 0 aliphatic heterocycles. The van der Waals surface area contributed by atoms with Gasteiger partial charge in [0.1, 0.15) is 5.82 Å². The van der Waals surface area contributed by atoms with Crippen LogP contribution in [0.2, 0.25) is 0 Å². The number of imidazole rings is 1. The molecule has 24 heavy (non-hydrogen) atoms. The number of ether oxygens (including phenoxy) is 1. The van der Waals surface area contributed by atoms with Crippen LogP contribution >= 0.6 is 0 Å². The molecule has 0 saturated heterocycles. The first-order valence-electron chi connectivity index (χ1n) is 7.52. The number of methoxy groups -OCH3 is 1. The molecule has 0 spiro atoms. The summed E-state index contributed by atoms with van der Waals surface area (Å²) < 4.78 is 8.89. The molecule has 0 aliphatic rings. The van der Waals surface area contributed by atoms with E-state index in [1.54, 1.807) is 30.4 Å². The molecule has 0 aromatic carbocycles. The summed E-state index contributed by atoms with van der Waals surface area (Å²) in [5.74, 6) is 1.00. The van der Waals surface area contributed by atoms with Crippen LogP contribution in [0.25, 0.3) is 17.1 Å². The Balaban J connectivity index is 1.82. The molecule has 8 heteroatoms. The Morgan fingerprint density at radius 2 is 2.21 bits per heavy atom. The van der Waals surface area contributed by atoms with Gasteiger partial charge in [-0.05, 0) is 12.5 Å². The Labute approximate surface area is 138 Å². The lowest BCUT2D eigenvalue weighted by Gasteiger charge is -2.06. The smallest absolute Gasteiger partial charge is 0.217 e. The van der Waals surface area contributed by atoms with Crippen molar-refractivity contribution < 1.29 is 9.53 Å². The molecular formula is C16H18N6O2. The average Bonchev–Trinajstić information content (AvgIpc) is 3.23. The summed E-state index contributed by atoms with van der Waals surface area (Å²) >= 11 is 0. The second kappa shape index (κ2) is 6.95. The summed E-state index contributed by atoms with van der Waals surface area (Å²) in [6, 6.07) is 3.70. The predicted molar refractivity (Wildman–Crippen MR) is 87.6 cm³/mol. The van der Waals surface area contributed by atoms with Crippen LogP contribution < -0.4 is 10.5 Å². The van der Waals surface area contributed by atoms with E-state index < -0.39 is 0 Å². The van der Waals surface area contributed by atoms with Gasteiger partial charge in [-0.15, -0.1) is 0 Å². The molecule has 0 aliphatic carbocycles. The van der Waals surface area contributed by atoms with E-state index in [2.05, 4.69) is 15.1 Å². The number of carbonyl (C=O) groups excluding carboxylic acids is 1. The number of aromatic nitrogens is 5. The van der Waals surface area contributed by atoms with Crippen molar-refractivity contribution in [2.24, 2.45) is 5.73 Å².